The van der Waals surface area contributed by atoms with Crippen LogP contribution in [0.4, 0.5) is 4.79 Å². The third kappa shape index (κ3) is 4.08. The lowest BCUT2D eigenvalue weighted by atomic mass is 10.1. The van der Waals surface area contributed by atoms with Gasteiger partial charge in [-0.05, 0) is 30.7 Å². The summed E-state index contributed by atoms with van der Waals surface area (Å²) in [5.41, 5.74) is 1.99. The van der Waals surface area contributed by atoms with Gasteiger partial charge in [0.15, 0.2) is 0 Å². The number of hydrogen-bond donors (Lipinski definition) is 3. The molecule has 0 aliphatic carbocycles. The summed E-state index contributed by atoms with van der Waals surface area (Å²) in [7, 11) is 0. The Morgan fingerprint density at radius 2 is 1.82 bits per heavy atom. The van der Waals surface area contributed by atoms with Gasteiger partial charge in [0.05, 0.1) is 17.8 Å². The number of aryl methyl sites for hydroxylation is 1. The number of urea groups is 1. The zero-order chi connectivity index (χ0) is 15.9. The topological polar surface area (TPSA) is 96.3 Å². The second-order valence-corrected chi connectivity index (χ2v) is 4.68. The molecule has 2 aromatic rings. The van der Waals surface area contributed by atoms with E-state index in [1.54, 1.807) is 18.3 Å². The van der Waals surface area contributed by atoms with E-state index in [0.29, 0.717) is 13.1 Å². The van der Waals surface area contributed by atoms with Crippen molar-refractivity contribution in [2.24, 2.45) is 0 Å². The average Bonchev–Trinajstić information content (AvgIpc) is 2.98. The molecule has 0 spiro atoms. The molecule has 1 heterocycles. The van der Waals surface area contributed by atoms with Crippen LogP contribution in [-0.4, -0.2) is 26.9 Å². The summed E-state index contributed by atoms with van der Waals surface area (Å²) in [5, 5.41) is 18.4. The minimum atomic E-state index is -0.968. The number of carbonyl (C=O) groups is 2. The Hall–Kier alpha value is -2.83. The SMILES string of the molecule is CCn1nccc1CNC(=O)NCc1ccc(C(=O)O)cc1. The highest BCUT2D eigenvalue weighted by atomic mass is 16.4. The molecular formula is C15H18N4O3. The van der Waals surface area contributed by atoms with Gasteiger partial charge in [-0.1, -0.05) is 12.1 Å². The predicted octanol–water partition coefficient (Wildman–Crippen LogP) is 1.60. The molecule has 3 N–H and O–H groups in total. The van der Waals surface area contributed by atoms with Crippen molar-refractivity contribution in [3.63, 3.8) is 0 Å². The second-order valence-electron chi connectivity index (χ2n) is 4.68. The maximum absolute atomic E-state index is 11.7. The van der Waals surface area contributed by atoms with Crippen LogP contribution in [0, 0.1) is 0 Å². The lowest BCUT2D eigenvalue weighted by molar-refractivity contribution is 0.0697. The number of carbonyl (C=O) groups excluding carboxylic acids is 1. The van der Waals surface area contributed by atoms with Gasteiger partial charge >= 0.3 is 12.0 Å². The Balaban J connectivity index is 1.79. The molecule has 2 rings (SSSR count). The number of nitrogens with zero attached hydrogens (tertiary/aromatic N) is 2. The standard InChI is InChI=1S/C15H18N4O3/c1-2-19-13(7-8-18-19)10-17-15(22)16-9-11-3-5-12(6-4-11)14(20)21/h3-8H,2,9-10H2,1H3,(H,20,21)(H2,16,17,22). The predicted molar refractivity (Wildman–Crippen MR) is 80.4 cm³/mol. The first-order valence-corrected chi connectivity index (χ1v) is 6.94. The molecule has 0 fully saturated rings. The third-order valence-corrected chi connectivity index (χ3v) is 3.19. The first-order chi connectivity index (χ1) is 10.6. The van der Waals surface area contributed by atoms with Gasteiger partial charge in [-0.25, -0.2) is 9.59 Å². The van der Waals surface area contributed by atoms with E-state index in [-0.39, 0.29) is 11.6 Å². The Morgan fingerprint density at radius 1 is 1.14 bits per heavy atom. The number of benzene rings is 1. The highest BCUT2D eigenvalue weighted by Crippen LogP contribution is 2.04. The van der Waals surface area contributed by atoms with Crippen LogP contribution in [0.5, 0.6) is 0 Å². The van der Waals surface area contributed by atoms with Gasteiger partial charge < -0.3 is 15.7 Å². The Kier molecular flexibility index (Phi) is 5.13. The maximum atomic E-state index is 11.7. The Bertz CT molecular complexity index is 649. The summed E-state index contributed by atoms with van der Waals surface area (Å²) in [6, 6.07) is 7.94. The third-order valence-electron chi connectivity index (χ3n) is 3.19. The molecule has 116 valence electrons. The molecule has 1 aromatic heterocycles. The van der Waals surface area contributed by atoms with Crippen molar-refractivity contribution in [2.75, 3.05) is 0 Å². The van der Waals surface area contributed by atoms with E-state index in [9.17, 15) is 9.59 Å². The molecule has 7 heteroatoms. The normalized spacial score (nSPS) is 10.2. The van der Waals surface area contributed by atoms with Crippen LogP contribution in [-0.2, 0) is 19.6 Å². The highest BCUT2D eigenvalue weighted by molar-refractivity contribution is 5.87. The number of carboxylic acids is 1. The van der Waals surface area contributed by atoms with Crippen molar-refractivity contribution in [1.29, 1.82) is 0 Å². The van der Waals surface area contributed by atoms with Crippen molar-refractivity contribution < 1.29 is 14.7 Å². The van der Waals surface area contributed by atoms with Crippen molar-refractivity contribution in [3.8, 4) is 0 Å². The van der Waals surface area contributed by atoms with Gasteiger partial charge in [0.25, 0.3) is 0 Å². The summed E-state index contributed by atoms with van der Waals surface area (Å²) >= 11 is 0. The van der Waals surface area contributed by atoms with Crippen LogP contribution >= 0.6 is 0 Å². The van der Waals surface area contributed by atoms with E-state index in [4.69, 9.17) is 5.11 Å². The van der Waals surface area contributed by atoms with Gasteiger partial charge in [-0.15, -0.1) is 0 Å². The van der Waals surface area contributed by atoms with Crippen molar-refractivity contribution in [3.05, 3.63) is 53.3 Å². The van der Waals surface area contributed by atoms with Gasteiger partial charge in [-0.3, -0.25) is 4.68 Å². The molecule has 0 aliphatic heterocycles. The number of hydrogen-bond acceptors (Lipinski definition) is 3. The molecule has 22 heavy (non-hydrogen) atoms. The summed E-state index contributed by atoms with van der Waals surface area (Å²) in [6.45, 7) is 3.47. The zero-order valence-electron chi connectivity index (χ0n) is 12.2. The molecule has 0 bridgehead atoms. The molecule has 0 atom stereocenters. The van der Waals surface area contributed by atoms with E-state index < -0.39 is 5.97 Å². The van der Waals surface area contributed by atoms with E-state index >= 15 is 0 Å². The van der Waals surface area contributed by atoms with E-state index in [0.717, 1.165) is 17.8 Å². The van der Waals surface area contributed by atoms with Gasteiger partial charge in [0.1, 0.15) is 0 Å². The van der Waals surface area contributed by atoms with Gasteiger partial charge in [-0.2, -0.15) is 5.10 Å². The summed E-state index contributed by atoms with van der Waals surface area (Å²) in [6.07, 6.45) is 1.70. The van der Waals surface area contributed by atoms with Crippen molar-refractivity contribution in [1.82, 2.24) is 20.4 Å². The van der Waals surface area contributed by atoms with Crippen molar-refractivity contribution >= 4 is 12.0 Å². The minimum Gasteiger partial charge on any atom is -0.478 e. The molecule has 0 unspecified atom stereocenters. The largest absolute Gasteiger partial charge is 0.478 e. The van der Waals surface area contributed by atoms with Crippen LogP contribution in [0.3, 0.4) is 0 Å². The Morgan fingerprint density at radius 3 is 2.45 bits per heavy atom. The first kappa shape index (κ1) is 15.6. The fourth-order valence-corrected chi connectivity index (χ4v) is 1.98. The van der Waals surface area contributed by atoms with Crippen LogP contribution in [0.2, 0.25) is 0 Å². The van der Waals surface area contributed by atoms with E-state index in [1.807, 2.05) is 17.7 Å². The van der Waals surface area contributed by atoms with Gasteiger partial charge in [0, 0.05) is 19.3 Å². The fourth-order valence-electron chi connectivity index (χ4n) is 1.98. The smallest absolute Gasteiger partial charge is 0.335 e. The molecule has 0 radical (unpaired) electrons. The van der Waals surface area contributed by atoms with Crippen LogP contribution in [0.15, 0.2) is 36.5 Å². The van der Waals surface area contributed by atoms with Crippen molar-refractivity contribution in [2.45, 2.75) is 26.6 Å². The molecule has 0 aliphatic rings. The van der Waals surface area contributed by atoms with E-state index in [2.05, 4.69) is 15.7 Å². The maximum Gasteiger partial charge on any atom is 0.335 e. The van der Waals surface area contributed by atoms with E-state index in [1.165, 1.54) is 12.1 Å². The first-order valence-electron chi connectivity index (χ1n) is 6.94. The van der Waals surface area contributed by atoms with Gasteiger partial charge in [0.2, 0.25) is 0 Å². The van der Waals surface area contributed by atoms with Crippen LogP contribution in [0.1, 0.15) is 28.5 Å². The molecule has 0 saturated heterocycles. The van der Waals surface area contributed by atoms with Crippen LogP contribution in [0.25, 0.3) is 0 Å². The summed E-state index contributed by atoms with van der Waals surface area (Å²) in [4.78, 5) is 22.5. The lowest BCUT2D eigenvalue weighted by Gasteiger charge is -2.09. The monoisotopic (exact) mass is 302 g/mol. The fraction of sp³-hybridized carbons (Fsp3) is 0.267. The number of carboxylic acid groups (broad SMARTS) is 1. The quantitative estimate of drug-likeness (QED) is 0.755. The molecule has 7 nitrogen and oxygen atoms in total. The number of rotatable bonds is 6. The number of amides is 2. The second kappa shape index (κ2) is 7.26. The molecule has 2 amide bonds. The molecule has 1 aromatic carbocycles. The number of aromatic carboxylic acids is 1. The molecular weight excluding hydrogens is 284 g/mol. The summed E-state index contributed by atoms with van der Waals surface area (Å²) in [5.74, 6) is -0.968. The lowest BCUT2D eigenvalue weighted by Crippen LogP contribution is -2.35. The summed E-state index contributed by atoms with van der Waals surface area (Å²) < 4.78 is 1.81. The van der Waals surface area contributed by atoms with Crippen LogP contribution < -0.4 is 10.6 Å². The average molecular weight is 302 g/mol. The minimum absolute atomic E-state index is 0.223. The zero-order valence-corrected chi connectivity index (χ0v) is 12.2. The highest BCUT2D eigenvalue weighted by Gasteiger charge is 2.05. The Labute approximate surface area is 128 Å². The number of aromatic nitrogens is 2. The molecule has 0 saturated carbocycles. The number of nitrogens with one attached hydrogen (secondary N) is 2.